The average molecular weight is 614 g/mol. The van der Waals surface area contributed by atoms with Gasteiger partial charge in [-0.25, -0.2) is 0 Å². The van der Waals surface area contributed by atoms with Crippen molar-refractivity contribution >= 4 is 0 Å². The summed E-state index contributed by atoms with van der Waals surface area (Å²) in [4.78, 5) is 0. The monoisotopic (exact) mass is 613 g/mol. The van der Waals surface area contributed by atoms with Crippen LogP contribution in [-0.4, -0.2) is 164 Å². The maximum Gasteiger partial charge on any atom is 0.187 e. The molecule has 246 valence electrons. The zero-order valence-electron chi connectivity index (χ0n) is 23.6. The highest BCUT2D eigenvalue weighted by molar-refractivity contribution is 5.00. The molecule has 3 heterocycles. The van der Waals surface area contributed by atoms with Crippen molar-refractivity contribution in [3.05, 3.63) is 0 Å². The average Bonchev–Trinajstić information content (AvgIpc) is 3.27. The summed E-state index contributed by atoms with van der Waals surface area (Å²) in [5, 5.41) is 82.8. The van der Waals surface area contributed by atoms with Crippen LogP contribution in [-0.2, 0) is 28.4 Å². The predicted octanol–water partition coefficient (Wildman–Crippen LogP) is -6.10. The number of aliphatic hydroxyl groups is 8. The van der Waals surface area contributed by atoms with Crippen LogP contribution < -0.4 is 17.2 Å². The van der Waals surface area contributed by atoms with E-state index in [0.29, 0.717) is 12.8 Å². The van der Waals surface area contributed by atoms with Gasteiger partial charge in [0.05, 0.1) is 37.5 Å². The summed E-state index contributed by atoms with van der Waals surface area (Å²) in [6, 6.07) is -3.16. The standard InChI is InChI=1S/C25H47N3O14/c1-3-9-15(32)17(34)12(27)23(37-9)41-21-11(6-30)39-25(19(21)36)42-22-14(31)7(2)4-8(26)20(22)40-24-13(28)18(35)16(33)10(5-29)38-24/h7-25,29-36H,3-6,26-28H2,1-2H3. The third kappa shape index (κ3) is 6.63. The lowest BCUT2D eigenvalue weighted by atomic mass is 9.80. The normalized spacial score (nSPS) is 53.8. The molecule has 19 unspecified atom stereocenters. The lowest BCUT2D eigenvalue weighted by Gasteiger charge is -2.47. The van der Waals surface area contributed by atoms with Gasteiger partial charge in [0.25, 0.3) is 0 Å². The fourth-order valence-corrected chi connectivity index (χ4v) is 6.04. The zero-order chi connectivity index (χ0) is 31.0. The van der Waals surface area contributed by atoms with Gasteiger partial charge >= 0.3 is 0 Å². The van der Waals surface area contributed by atoms with Crippen molar-refractivity contribution < 1.29 is 69.3 Å². The molecule has 4 fully saturated rings. The Hall–Kier alpha value is -0.680. The van der Waals surface area contributed by atoms with E-state index in [9.17, 15) is 40.9 Å². The van der Waals surface area contributed by atoms with E-state index in [0.717, 1.165) is 0 Å². The van der Waals surface area contributed by atoms with Crippen molar-refractivity contribution in [1.29, 1.82) is 0 Å². The highest BCUT2D eigenvalue weighted by atomic mass is 16.8. The molecular weight excluding hydrogens is 566 g/mol. The molecular formula is C25H47N3O14. The van der Waals surface area contributed by atoms with Crippen molar-refractivity contribution in [2.75, 3.05) is 13.2 Å². The van der Waals surface area contributed by atoms with Gasteiger partial charge in [0.15, 0.2) is 18.9 Å². The minimum Gasteiger partial charge on any atom is -0.394 e. The van der Waals surface area contributed by atoms with E-state index < -0.39 is 123 Å². The van der Waals surface area contributed by atoms with Crippen molar-refractivity contribution in [3.8, 4) is 0 Å². The molecule has 0 radical (unpaired) electrons. The van der Waals surface area contributed by atoms with Crippen LogP contribution >= 0.6 is 0 Å². The van der Waals surface area contributed by atoms with Crippen LogP contribution in [0.1, 0.15) is 26.7 Å². The molecule has 0 spiro atoms. The maximum atomic E-state index is 11.2. The molecule has 0 aromatic carbocycles. The second-order valence-electron chi connectivity index (χ2n) is 11.7. The maximum absolute atomic E-state index is 11.2. The quantitative estimate of drug-likeness (QED) is 0.115. The Morgan fingerprint density at radius 3 is 1.62 bits per heavy atom. The minimum absolute atomic E-state index is 0.297. The molecule has 0 amide bonds. The molecule has 19 atom stereocenters. The SMILES string of the molecule is CCC1OC(OC2C(CO)OC(OC3C(O)C(C)CC(N)C3OC3OC(CO)C(O)C(O)C3N)C2O)C(N)C(O)C1O. The summed E-state index contributed by atoms with van der Waals surface area (Å²) in [6.45, 7) is 2.24. The van der Waals surface area contributed by atoms with Crippen molar-refractivity contribution in [1.82, 2.24) is 0 Å². The topological polar surface area (TPSA) is 295 Å². The number of nitrogens with two attached hydrogens (primary N) is 3. The lowest BCUT2D eigenvalue weighted by Crippen LogP contribution is -2.66. The number of rotatable bonds is 9. The molecule has 0 aromatic rings. The summed E-state index contributed by atoms with van der Waals surface area (Å²) in [5.74, 6) is -0.379. The summed E-state index contributed by atoms with van der Waals surface area (Å²) in [6.07, 6.45) is -18.5. The Labute approximate surface area is 243 Å². The van der Waals surface area contributed by atoms with Gasteiger partial charge in [-0.15, -0.1) is 0 Å². The van der Waals surface area contributed by atoms with E-state index in [1.807, 2.05) is 0 Å². The molecule has 4 rings (SSSR count). The van der Waals surface area contributed by atoms with Crippen LogP contribution in [0.4, 0.5) is 0 Å². The van der Waals surface area contributed by atoms with Crippen LogP contribution in [0.25, 0.3) is 0 Å². The van der Waals surface area contributed by atoms with E-state index >= 15 is 0 Å². The van der Waals surface area contributed by atoms with Crippen LogP contribution in [0.2, 0.25) is 0 Å². The Morgan fingerprint density at radius 1 is 0.595 bits per heavy atom. The van der Waals surface area contributed by atoms with E-state index in [4.69, 9.17) is 45.6 Å². The fourth-order valence-electron chi connectivity index (χ4n) is 6.04. The van der Waals surface area contributed by atoms with Gasteiger partial charge in [0.2, 0.25) is 0 Å². The zero-order valence-corrected chi connectivity index (χ0v) is 23.6. The number of ether oxygens (including phenoxy) is 6. The Kier molecular flexibility index (Phi) is 11.5. The van der Waals surface area contributed by atoms with Crippen molar-refractivity contribution in [2.45, 2.75) is 137 Å². The molecule has 1 saturated carbocycles. The first-order valence-corrected chi connectivity index (χ1v) is 14.3. The van der Waals surface area contributed by atoms with Gasteiger partial charge in [-0.2, -0.15) is 0 Å². The first-order valence-electron chi connectivity index (χ1n) is 14.3. The summed E-state index contributed by atoms with van der Waals surface area (Å²) >= 11 is 0. The Morgan fingerprint density at radius 2 is 1.07 bits per heavy atom. The number of hydrogen-bond acceptors (Lipinski definition) is 17. The highest BCUT2D eigenvalue weighted by Crippen LogP contribution is 2.36. The molecule has 0 bridgehead atoms. The van der Waals surface area contributed by atoms with Crippen LogP contribution in [0.3, 0.4) is 0 Å². The number of aliphatic hydroxyl groups excluding tert-OH is 8. The van der Waals surface area contributed by atoms with Gasteiger partial charge in [-0.3, -0.25) is 0 Å². The summed E-state index contributed by atoms with van der Waals surface area (Å²) in [5.41, 5.74) is 18.4. The first-order chi connectivity index (χ1) is 19.8. The van der Waals surface area contributed by atoms with Crippen LogP contribution in [0.5, 0.6) is 0 Å². The second-order valence-corrected chi connectivity index (χ2v) is 11.7. The molecule has 3 saturated heterocycles. The van der Waals surface area contributed by atoms with E-state index in [1.165, 1.54) is 0 Å². The first kappa shape index (κ1) is 34.2. The fraction of sp³-hybridized carbons (Fsp3) is 1.00. The third-order valence-corrected chi connectivity index (χ3v) is 8.73. The lowest BCUT2D eigenvalue weighted by molar-refractivity contribution is -0.312. The molecule has 14 N–H and O–H groups in total. The molecule has 42 heavy (non-hydrogen) atoms. The Balaban J connectivity index is 1.50. The van der Waals surface area contributed by atoms with Gasteiger partial charge in [0, 0.05) is 6.04 Å². The van der Waals surface area contributed by atoms with Gasteiger partial charge in [-0.1, -0.05) is 13.8 Å². The minimum atomic E-state index is -1.55. The van der Waals surface area contributed by atoms with Crippen LogP contribution in [0.15, 0.2) is 0 Å². The van der Waals surface area contributed by atoms with Gasteiger partial charge in [0.1, 0.15) is 61.0 Å². The van der Waals surface area contributed by atoms with E-state index in [2.05, 4.69) is 0 Å². The summed E-state index contributed by atoms with van der Waals surface area (Å²) in [7, 11) is 0. The highest BCUT2D eigenvalue weighted by Gasteiger charge is 2.54. The predicted molar refractivity (Wildman–Crippen MR) is 139 cm³/mol. The molecule has 17 heteroatoms. The van der Waals surface area contributed by atoms with Crippen molar-refractivity contribution in [2.24, 2.45) is 23.1 Å². The van der Waals surface area contributed by atoms with Gasteiger partial charge in [-0.05, 0) is 18.8 Å². The van der Waals surface area contributed by atoms with E-state index in [1.54, 1.807) is 13.8 Å². The molecule has 0 aromatic heterocycles. The number of hydrogen-bond donors (Lipinski definition) is 11. The smallest absolute Gasteiger partial charge is 0.187 e. The Bertz CT molecular complexity index is 861. The second kappa shape index (κ2) is 14.2. The molecule has 4 aliphatic rings. The van der Waals surface area contributed by atoms with Gasteiger partial charge < -0.3 is 86.5 Å². The third-order valence-electron chi connectivity index (χ3n) is 8.73. The summed E-state index contributed by atoms with van der Waals surface area (Å²) < 4.78 is 34.9. The van der Waals surface area contributed by atoms with Crippen LogP contribution in [0, 0.1) is 5.92 Å². The molecule has 3 aliphatic heterocycles. The van der Waals surface area contributed by atoms with Crippen molar-refractivity contribution in [3.63, 3.8) is 0 Å². The molecule has 17 nitrogen and oxygen atoms in total. The van der Waals surface area contributed by atoms with E-state index in [-0.39, 0.29) is 5.92 Å². The largest absolute Gasteiger partial charge is 0.394 e. The molecule has 1 aliphatic carbocycles.